The van der Waals surface area contributed by atoms with E-state index >= 15 is 0 Å². The molecule has 3 N–H and O–H groups in total. The molecule has 2 amide bonds. The fraction of sp³-hybridized carbons (Fsp3) is 0.385. The van der Waals surface area contributed by atoms with E-state index in [4.69, 9.17) is 0 Å². The minimum Gasteiger partial charge on any atom is -0.392 e. The Bertz CT molecular complexity index is 744. The van der Waals surface area contributed by atoms with Crippen molar-refractivity contribution >= 4 is 44.8 Å². The Balaban J connectivity index is 1.91. The van der Waals surface area contributed by atoms with Gasteiger partial charge in [-0.05, 0) is 28.5 Å². The maximum atomic E-state index is 13.0. The van der Waals surface area contributed by atoms with Crippen LogP contribution in [-0.2, 0) is 16.0 Å². The maximum absolute atomic E-state index is 13.0. The number of anilines is 2. The predicted molar refractivity (Wildman–Crippen MR) is 84.2 cm³/mol. The molecule has 10 heteroatoms. The topological polar surface area (TPSA) is 105 Å². The Kier molecular flexibility index (Phi) is 2.98. The maximum Gasteiger partial charge on any atom is 0.268 e. The van der Waals surface area contributed by atoms with Crippen LogP contribution in [0.2, 0.25) is 0 Å². The molecule has 2 bridgehead atoms. The monoisotopic (exact) mass is 355 g/mol. The summed E-state index contributed by atoms with van der Waals surface area (Å²) in [6.45, 7) is -0.487. The van der Waals surface area contributed by atoms with Crippen molar-refractivity contribution in [1.82, 2.24) is 4.90 Å². The highest BCUT2D eigenvalue weighted by Crippen LogP contribution is 2.63. The predicted octanol–water partition coefficient (Wildman–Crippen LogP) is 0.412. The molecule has 2 unspecified atom stereocenters. The van der Waals surface area contributed by atoms with E-state index in [0.29, 0.717) is 12.1 Å². The average Bonchev–Trinajstić information content (AvgIpc) is 2.88. The molecule has 5 rings (SSSR count). The second-order valence-corrected chi connectivity index (χ2v) is 8.36. The number of nitrogens with zero attached hydrogens (tertiary/aromatic N) is 3. The number of carbonyl (C=O) groups excluding carboxylic acids is 2. The van der Waals surface area contributed by atoms with Crippen LogP contribution in [0.25, 0.3) is 0 Å². The molecule has 3 saturated heterocycles. The van der Waals surface area contributed by atoms with Crippen molar-refractivity contribution in [2.75, 3.05) is 23.8 Å². The first-order valence-corrected chi connectivity index (χ1v) is 8.94. The Labute approximate surface area is 139 Å². The third kappa shape index (κ3) is 1.59. The molecular weight excluding hydrogens is 342 g/mol. The minimum atomic E-state index is -1.35. The first-order valence-electron chi connectivity index (χ1n) is 6.79. The molecule has 4 aliphatic heterocycles. The van der Waals surface area contributed by atoms with Crippen molar-refractivity contribution in [2.45, 2.75) is 16.2 Å². The summed E-state index contributed by atoms with van der Waals surface area (Å²) in [4.78, 5) is 26.2. The first-order chi connectivity index (χ1) is 10.9. The number of carbonyl (C=O) groups is 2. The highest BCUT2D eigenvalue weighted by atomic mass is 33.1. The fourth-order valence-electron chi connectivity index (χ4n) is 3.29. The number of piperazine rings is 1. The summed E-state index contributed by atoms with van der Waals surface area (Å²) in [5, 5.41) is 28.1. The molecule has 0 radical (unpaired) electrons. The van der Waals surface area contributed by atoms with E-state index in [9.17, 15) is 25.1 Å². The van der Waals surface area contributed by atoms with Crippen LogP contribution in [0.3, 0.4) is 0 Å². The Morgan fingerprint density at radius 3 is 2.65 bits per heavy atom. The van der Waals surface area contributed by atoms with Crippen LogP contribution in [0.15, 0.2) is 18.2 Å². The number of hydrogen-bond donors (Lipinski definition) is 3. The van der Waals surface area contributed by atoms with Gasteiger partial charge in [0.15, 0.2) is 4.87 Å². The smallest absolute Gasteiger partial charge is 0.268 e. The van der Waals surface area contributed by atoms with Crippen molar-refractivity contribution in [1.29, 1.82) is 0 Å². The summed E-state index contributed by atoms with van der Waals surface area (Å²) >= 11 is 0. The van der Waals surface area contributed by atoms with Gasteiger partial charge in [-0.1, -0.05) is 16.9 Å². The lowest BCUT2D eigenvalue weighted by molar-refractivity contribution is -0.149. The van der Waals surface area contributed by atoms with Crippen LogP contribution in [0.5, 0.6) is 0 Å². The molecule has 1 aromatic carbocycles. The van der Waals surface area contributed by atoms with E-state index < -0.39 is 16.3 Å². The summed E-state index contributed by atoms with van der Waals surface area (Å²) in [6, 6.07) is 4.62. The van der Waals surface area contributed by atoms with Gasteiger partial charge in [-0.25, -0.2) is 0 Å². The molecule has 23 heavy (non-hydrogen) atoms. The van der Waals surface area contributed by atoms with Crippen LogP contribution in [0.4, 0.5) is 11.4 Å². The molecule has 3 fully saturated rings. The van der Waals surface area contributed by atoms with Crippen LogP contribution in [0.1, 0.15) is 5.56 Å². The number of hydrogen-bond acceptors (Lipinski definition) is 8. The van der Waals surface area contributed by atoms with Crippen molar-refractivity contribution < 1.29 is 25.1 Å². The molecule has 4 heterocycles. The van der Waals surface area contributed by atoms with Gasteiger partial charge in [-0.2, -0.15) is 0 Å². The number of fused-ring (bicyclic) bond motifs is 3. The van der Waals surface area contributed by atoms with Gasteiger partial charge in [0, 0.05) is 13.5 Å². The number of aliphatic hydroxyl groups is 1. The lowest BCUT2D eigenvalue weighted by atomic mass is 10.0. The van der Waals surface area contributed by atoms with E-state index in [-0.39, 0.29) is 22.7 Å². The van der Waals surface area contributed by atoms with Gasteiger partial charge in [-0.15, -0.1) is 5.23 Å². The van der Waals surface area contributed by atoms with Crippen LogP contribution in [-0.4, -0.2) is 55.6 Å². The second kappa shape index (κ2) is 4.54. The second-order valence-electron chi connectivity index (χ2n) is 5.68. The zero-order chi connectivity index (χ0) is 16.6. The summed E-state index contributed by atoms with van der Waals surface area (Å²) in [7, 11) is 4.00. The van der Waals surface area contributed by atoms with E-state index in [0.717, 1.165) is 5.56 Å². The third-order valence-electron chi connectivity index (χ3n) is 4.58. The number of amides is 2. The van der Waals surface area contributed by atoms with E-state index in [1.165, 1.54) is 50.6 Å². The van der Waals surface area contributed by atoms with Crippen molar-refractivity contribution in [3.63, 3.8) is 0 Å². The van der Waals surface area contributed by atoms with Crippen LogP contribution < -0.4 is 10.1 Å². The molecule has 122 valence electrons. The molecule has 0 aromatic heterocycles. The first kappa shape index (κ1) is 15.1. The third-order valence-corrected chi connectivity index (χ3v) is 8.20. The number of rotatable bonds is 2. The molecule has 8 nitrogen and oxygen atoms in total. The van der Waals surface area contributed by atoms with E-state index in [1.807, 2.05) is 0 Å². The molecule has 2 atom stereocenters. The van der Waals surface area contributed by atoms with Crippen molar-refractivity contribution in [2.24, 2.45) is 0 Å². The van der Waals surface area contributed by atoms with Gasteiger partial charge >= 0.3 is 0 Å². The SMILES string of the molecule is CN1C(=O)C23Cc4ccc(N(O)O)cc4N2C(=O)C1(CO)SS3. The largest absolute Gasteiger partial charge is 0.392 e. The number of benzene rings is 1. The Morgan fingerprint density at radius 2 is 2.00 bits per heavy atom. The minimum absolute atomic E-state index is 0.0321. The van der Waals surface area contributed by atoms with Gasteiger partial charge in [0.1, 0.15) is 0 Å². The van der Waals surface area contributed by atoms with Gasteiger partial charge < -0.3 is 10.0 Å². The van der Waals surface area contributed by atoms with Gasteiger partial charge in [0.2, 0.25) is 4.87 Å². The normalized spacial score (nSPS) is 31.5. The van der Waals surface area contributed by atoms with Crippen LogP contribution >= 0.6 is 21.6 Å². The average molecular weight is 355 g/mol. The number of likely N-dealkylation sites (N-methyl/N-ethyl adjacent to an activating group) is 1. The Hall–Kier alpha value is -1.46. The molecule has 1 aromatic rings. The summed E-state index contributed by atoms with van der Waals surface area (Å²) in [6.07, 6.45) is 0.341. The lowest BCUT2D eigenvalue weighted by Crippen LogP contribution is -2.77. The van der Waals surface area contributed by atoms with E-state index in [1.54, 1.807) is 6.07 Å². The lowest BCUT2D eigenvalue weighted by Gasteiger charge is -2.57. The summed E-state index contributed by atoms with van der Waals surface area (Å²) < 4.78 is 0. The van der Waals surface area contributed by atoms with E-state index in [2.05, 4.69) is 0 Å². The zero-order valence-corrected chi connectivity index (χ0v) is 13.6. The molecule has 0 saturated carbocycles. The van der Waals surface area contributed by atoms with Gasteiger partial charge in [0.05, 0.1) is 18.0 Å². The quantitative estimate of drug-likeness (QED) is 0.518. The fourth-order valence-corrected chi connectivity index (χ4v) is 6.80. The number of aliphatic hydroxyl groups excluding tert-OH is 1. The summed E-state index contributed by atoms with van der Waals surface area (Å²) in [5.41, 5.74) is 1.33. The zero-order valence-electron chi connectivity index (χ0n) is 12.0. The van der Waals surface area contributed by atoms with Crippen molar-refractivity contribution in [3.8, 4) is 0 Å². The highest BCUT2D eigenvalue weighted by molar-refractivity contribution is 8.78. The van der Waals surface area contributed by atoms with Gasteiger partial charge in [0.25, 0.3) is 11.8 Å². The molecule has 0 aliphatic carbocycles. The molecule has 1 spiro atoms. The Morgan fingerprint density at radius 1 is 1.26 bits per heavy atom. The standard InChI is InChI=1S/C13H13N3O5S2/c1-14-10(18)12-5-7-2-3-8(16(20)21)4-9(7)15(12)11(19)13(14,6-17)23-22-12/h2-4,17,20-21H,5-6H2,1H3. The molecule has 4 aliphatic rings. The molecular formula is C13H13N3O5S2. The highest BCUT2D eigenvalue weighted by Gasteiger charge is 2.70. The summed E-state index contributed by atoms with van der Waals surface area (Å²) in [5.74, 6) is -0.610. The van der Waals surface area contributed by atoms with Gasteiger partial charge in [-0.3, -0.25) is 24.9 Å². The van der Waals surface area contributed by atoms with Crippen LogP contribution in [0, 0.1) is 0 Å². The van der Waals surface area contributed by atoms with Crippen molar-refractivity contribution in [3.05, 3.63) is 23.8 Å².